The molecule has 0 radical (unpaired) electrons. The molecule has 114 valence electrons. The third-order valence-corrected chi connectivity index (χ3v) is 5.11. The Balaban J connectivity index is 1.83. The lowest BCUT2D eigenvalue weighted by Gasteiger charge is -2.40. The van der Waals surface area contributed by atoms with E-state index >= 15 is 0 Å². The molecule has 1 saturated heterocycles. The Hall–Kier alpha value is -2.82. The molecule has 5 rings (SSSR count). The highest BCUT2D eigenvalue weighted by molar-refractivity contribution is 6.10. The summed E-state index contributed by atoms with van der Waals surface area (Å²) in [5, 5.41) is 3.41. The summed E-state index contributed by atoms with van der Waals surface area (Å²) >= 11 is 0. The van der Waals surface area contributed by atoms with Crippen LogP contribution in [-0.4, -0.2) is 40.3 Å². The fourth-order valence-corrected chi connectivity index (χ4v) is 3.99. The zero-order valence-electron chi connectivity index (χ0n) is 12.7. The van der Waals surface area contributed by atoms with Gasteiger partial charge in [0.05, 0.1) is 18.0 Å². The molecule has 1 N–H and O–H groups in total. The van der Waals surface area contributed by atoms with E-state index in [2.05, 4.69) is 29.2 Å². The number of carbonyl (C=O) groups is 2. The molecular weight excluding hydrogens is 290 g/mol. The summed E-state index contributed by atoms with van der Waals surface area (Å²) < 4.78 is 0. The van der Waals surface area contributed by atoms with Crippen molar-refractivity contribution < 1.29 is 9.59 Å². The molecule has 1 atom stereocenters. The molecule has 0 spiro atoms. The molecule has 1 unspecified atom stereocenters. The average molecular weight is 305 g/mol. The topological polar surface area (TPSA) is 56.4 Å². The number of fused-ring (bicyclic) bond motifs is 8. The van der Waals surface area contributed by atoms with Crippen molar-refractivity contribution in [2.24, 2.45) is 0 Å². The Morgan fingerprint density at radius 3 is 2.78 bits per heavy atom. The molecule has 0 aliphatic carbocycles. The van der Waals surface area contributed by atoms with Crippen LogP contribution >= 0.6 is 0 Å². The van der Waals surface area contributed by atoms with Crippen molar-refractivity contribution >= 4 is 33.6 Å². The summed E-state index contributed by atoms with van der Waals surface area (Å²) in [4.78, 5) is 31.2. The van der Waals surface area contributed by atoms with Gasteiger partial charge in [0.15, 0.2) is 0 Å². The molecule has 1 aromatic heterocycles. The third kappa shape index (κ3) is 1.51. The molecule has 23 heavy (non-hydrogen) atoms. The van der Waals surface area contributed by atoms with Gasteiger partial charge in [-0.15, -0.1) is 0 Å². The van der Waals surface area contributed by atoms with Crippen LogP contribution in [-0.2, 0) is 11.3 Å². The van der Waals surface area contributed by atoms with Gasteiger partial charge in [-0.1, -0.05) is 36.4 Å². The van der Waals surface area contributed by atoms with Crippen LogP contribution in [0.2, 0.25) is 0 Å². The Labute approximate surface area is 132 Å². The minimum Gasteiger partial charge on any atom is -0.356 e. The molecule has 3 amide bonds. The van der Waals surface area contributed by atoms with Gasteiger partial charge in [0.25, 0.3) is 0 Å². The van der Waals surface area contributed by atoms with Gasteiger partial charge in [-0.05, 0) is 10.9 Å². The van der Waals surface area contributed by atoms with Gasteiger partial charge in [0.2, 0.25) is 5.91 Å². The second-order valence-corrected chi connectivity index (χ2v) is 6.34. The molecule has 5 nitrogen and oxygen atoms in total. The Morgan fingerprint density at radius 2 is 1.91 bits per heavy atom. The van der Waals surface area contributed by atoms with Gasteiger partial charge < -0.3 is 9.88 Å². The number of carbonyl (C=O) groups excluding carboxylic acids is 2. The monoisotopic (exact) mass is 305 g/mol. The molecule has 5 heteroatoms. The van der Waals surface area contributed by atoms with E-state index in [0.29, 0.717) is 13.1 Å². The maximum atomic E-state index is 12.6. The van der Waals surface area contributed by atoms with Crippen molar-refractivity contribution in [3.8, 4) is 0 Å². The molecule has 2 bridgehead atoms. The van der Waals surface area contributed by atoms with Crippen LogP contribution in [0.5, 0.6) is 0 Å². The molecule has 1 fully saturated rings. The first kappa shape index (κ1) is 12.7. The van der Waals surface area contributed by atoms with E-state index < -0.39 is 0 Å². The minimum absolute atomic E-state index is 0.110. The number of nitrogens with one attached hydrogen (secondary N) is 1. The van der Waals surface area contributed by atoms with E-state index in [1.54, 1.807) is 11.9 Å². The standard InChI is InChI=1S/C18H15N3O2/c1-20-17(22)13-8-21(18(20)23)9-14-15(13)12-7-6-10-4-2-3-5-11(10)16(12)19-14/h2-7,13,19H,8-9H2,1H3. The summed E-state index contributed by atoms with van der Waals surface area (Å²) in [5.41, 5.74) is 3.11. The molecule has 3 heterocycles. The van der Waals surface area contributed by atoms with E-state index in [1.807, 2.05) is 12.1 Å². The van der Waals surface area contributed by atoms with Crippen molar-refractivity contribution in [2.45, 2.75) is 12.5 Å². The van der Waals surface area contributed by atoms with Gasteiger partial charge >= 0.3 is 6.03 Å². The van der Waals surface area contributed by atoms with Gasteiger partial charge in [-0.25, -0.2) is 4.79 Å². The summed E-state index contributed by atoms with van der Waals surface area (Å²) in [6.45, 7) is 1.01. The van der Waals surface area contributed by atoms with E-state index in [4.69, 9.17) is 0 Å². The summed E-state index contributed by atoms with van der Waals surface area (Å²) in [6, 6.07) is 12.2. The maximum Gasteiger partial charge on any atom is 0.326 e. The lowest BCUT2D eigenvalue weighted by atomic mass is 9.88. The largest absolute Gasteiger partial charge is 0.356 e. The quantitative estimate of drug-likeness (QED) is 0.694. The van der Waals surface area contributed by atoms with Crippen LogP contribution in [0.4, 0.5) is 4.79 Å². The number of benzene rings is 2. The number of aromatic nitrogens is 1. The first-order chi connectivity index (χ1) is 11.1. The molecule has 2 aliphatic heterocycles. The van der Waals surface area contributed by atoms with Gasteiger partial charge in [-0.2, -0.15) is 0 Å². The third-order valence-electron chi connectivity index (χ3n) is 5.11. The number of hydrogen-bond acceptors (Lipinski definition) is 2. The molecule has 2 aliphatic rings. The fourth-order valence-electron chi connectivity index (χ4n) is 3.99. The van der Waals surface area contributed by atoms with E-state index in [9.17, 15) is 9.59 Å². The Kier molecular flexibility index (Phi) is 2.28. The molecular formula is C18H15N3O2. The van der Waals surface area contributed by atoms with Gasteiger partial charge in [0.1, 0.15) is 0 Å². The minimum atomic E-state index is -0.267. The van der Waals surface area contributed by atoms with Gasteiger partial charge in [0, 0.05) is 30.1 Å². The van der Waals surface area contributed by atoms with Gasteiger partial charge in [-0.3, -0.25) is 9.69 Å². The van der Waals surface area contributed by atoms with Crippen molar-refractivity contribution in [1.29, 1.82) is 0 Å². The predicted octanol–water partition coefficient (Wildman–Crippen LogP) is 2.81. The predicted molar refractivity (Wildman–Crippen MR) is 87.1 cm³/mol. The zero-order chi connectivity index (χ0) is 15.7. The number of imide groups is 1. The van der Waals surface area contributed by atoms with Crippen LogP contribution in [0.25, 0.3) is 21.7 Å². The maximum absolute atomic E-state index is 12.6. The summed E-state index contributed by atoms with van der Waals surface area (Å²) in [6.07, 6.45) is 0. The van der Waals surface area contributed by atoms with Crippen LogP contribution in [0.1, 0.15) is 17.2 Å². The number of nitrogens with zero attached hydrogens (tertiary/aromatic N) is 2. The number of amides is 3. The number of rotatable bonds is 0. The molecule has 0 saturated carbocycles. The summed E-state index contributed by atoms with van der Waals surface area (Å²) in [5.74, 6) is -0.377. The van der Waals surface area contributed by atoms with Crippen LogP contribution in [0.15, 0.2) is 36.4 Å². The summed E-state index contributed by atoms with van der Waals surface area (Å²) in [7, 11) is 1.57. The Morgan fingerprint density at radius 1 is 1.09 bits per heavy atom. The van der Waals surface area contributed by atoms with Crippen LogP contribution < -0.4 is 0 Å². The van der Waals surface area contributed by atoms with Crippen molar-refractivity contribution in [1.82, 2.24) is 14.8 Å². The normalized spacial score (nSPS) is 20.5. The number of hydrogen-bond donors (Lipinski definition) is 1. The SMILES string of the molecule is CN1C(=O)C2CN(Cc3[nH]c4c(ccc5ccccc54)c32)C1=O. The first-order valence-electron chi connectivity index (χ1n) is 7.74. The highest BCUT2D eigenvalue weighted by atomic mass is 16.2. The van der Waals surface area contributed by atoms with Crippen molar-refractivity contribution in [3.63, 3.8) is 0 Å². The number of urea groups is 1. The second-order valence-electron chi connectivity index (χ2n) is 6.34. The fraction of sp³-hybridized carbons (Fsp3) is 0.222. The second kappa shape index (κ2) is 4.13. The molecule has 3 aromatic rings. The number of likely N-dealkylation sites (N-methyl/N-ethyl adjacent to an activating group) is 1. The lowest BCUT2D eigenvalue weighted by Crippen LogP contribution is -2.55. The smallest absolute Gasteiger partial charge is 0.326 e. The zero-order valence-corrected chi connectivity index (χ0v) is 12.7. The van der Waals surface area contributed by atoms with Crippen molar-refractivity contribution in [2.75, 3.05) is 13.6 Å². The van der Waals surface area contributed by atoms with E-state index in [0.717, 1.165) is 27.5 Å². The highest BCUT2D eigenvalue weighted by Gasteiger charge is 2.43. The van der Waals surface area contributed by atoms with E-state index in [-0.39, 0.29) is 17.9 Å². The van der Waals surface area contributed by atoms with Crippen LogP contribution in [0.3, 0.4) is 0 Å². The van der Waals surface area contributed by atoms with Crippen LogP contribution in [0, 0.1) is 0 Å². The highest BCUT2D eigenvalue weighted by Crippen LogP contribution is 2.40. The van der Waals surface area contributed by atoms with E-state index in [1.165, 1.54) is 10.3 Å². The first-order valence-corrected chi connectivity index (χ1v) is 7.74. The average Bonchev–Trinajstić information content (AvgIpc) is 2.96. The Bertz CT molecular complexity index is 1000. The molecule has 2 aromatic carbocycles. The number of aromatic amines is 1. The number of H-pyrrole nitrogens is 1. The lowest BCUT2D eigenvalue weighted by molar-refractivity contribution is -0.132. The van der Waals surface area contributed by atoms with Crippen molar-refractivity contribution in [3.05, 3.63) is 47.7 Å².